The third kappa shape index (κ3) is 1.70. The zero-order valence-electron chi connectivity index (χ0n) is 8.95. The van der Waals surface area contributed by atoms with Crippen LogP contribution in [0.4, 0.5) is 8.78 Å². The highest BCUT2D eigenvalue weighted by molar-refractivity contribution is 5.55. The first-order valence-corrected chi connectivity index (χ1v) is 5.34. The highest BCUT2D eigenvalue weighted by Gasteiger charge is 2.17. The molecule has 0 bridgehead atoms. The Kier molecular flexibility index (Phi) is 2.36. The van der Waals surface area contributed by atoms with Crippen LogP contribution in [0.3, 0.4) is 0 Å². The molecule has 1 aromatic heterocycles. The van der Waals surface area contributed by atoms with E-state index in [2.05, 4.69) is 15.5 Å². The smallest absolute Gasteiger partial charge is 0.164 e. The van der Waals surface area contributed by atoms with Crippen molar-refractivity contribution in [1.82, 2.24) is 20.1 Å². The van der Waals surface area contributed by atoms with E-state index in [0.29, 0.717) is 17.9 Å². The minimum atomic E-state index is -0.867. The van der Waals surface area contributed by atoms with Crippen LogP contribution in [0.1, 0.15) is 5.82 Å². The van der Waals surface area contributed by atoms with Gasteiger partial charge in [-0.15, -0.1) is 10.2 Å². The Morgan fingerprint density at radius 1 is 1.18 bits per heavy atom. The predicted molar refractivity (Wildman–Crippen MR) is 57.1 cm³/mol. The van der Waals surface area contributed by atoms with Gasteiger partial charge >= 0.3 is 0 Å². The van der Waals surface area contributed by atoms with E-state index in [1.165, 1.54) is 6.07 Å². The number of hydrogen-bond donors (Lipinski definition) is 1. The van der Waals surface area contributed by atoms with Crippen molar-refractivity contribution in [3.05, 3.63) is 35.7 Å². The van der Waals surface area contributed by atoms with Gasteiger partial charge in [0.05, 0.1) is 6.54 Å². The lowest BCUT2D eigenvalue weighted by Crippen LogP contribution is -2.28. The van der Waals surface area contributed by atoms with E-state index in [-0.39, 0.29) is 0 Å². The molecule has 0 fully saturated rings. The van der Waals surface area contributed by atoms with Gasteiger partial charge in [-0.1, -0.05) is 0 Å². The van der Waals surface area contributed by atoms with Crippen LogP contribution in [0.5, 0.6) is 0 Å². The number of nitrogens with zero attached hydrogens (tertiary/aromatic N) is 3. The van der Waals surface area contributed by atoms with Gasteiger partial charge in [0.1, 0.15) is 5.82 Å². The van der Waals surface area contributed by atoms with Crippen LogP contribution in [-0.4, -0.2) is 21.3 Å². The van der Waals surface area contributed by atoms with Gasteiger partial charge in [-0.05, 0) is 18.2 Å². The van der Waals surface area contributed by atoms with E-state index in [0.717, 1.165) is 31.0 Å². The molecular weight excluding hydrogens is 226 g/mol. The van der Waals surface area contributed by atoms with Gasteiger partial charge in [-0.2, -0.15) is 0 Å². The molecule has 0 saturated heterocycles. The van der Waals surface area contributed by atoms with Gasteiger partial charge in [-0.25, -0.2) is 8.78 Å². The monoisotopic (exact) mass is 236 g/mol. The topological polar surface area (TPSA) is 42.7 Å². The molecule has 0 aliphatic carbocycles. The number of fused-ring (bicyclic) bond motifs is 1. The average Bonchev–Trinajstić information content (AvgIpc) is 2.76. The fraction of sp³-hybridized carbons (Fsp3) is 0.273. The molecule has 0 unspecified atom stereocenters. The summed E-state index contributed by atoms with van der Waals surface area (Å²) < 4.78 is 27.9. The molecule has 6 heteroatoms. The van der Waals surface area contributed by atoms with Gasteiger partial charge < -0.3 is 9.88 Å². The maximum Gasteiger partial charge on any atom is 0.164 e. The summed E-state index contributed by atoms with van der Waals surface area (Å²) in [6.07, 6.45) is 0. The Morgan fingerprint density at radius 3 is 2.88 bits per heavy atom. The second-order valence-corrected chi connectivity index (χ2v) is 3.90. The van der Waals surface area contributed by atoms with E-state index < -0.39 is 11.6 Å². The second kappa shape index (κ2) is 3.89. The van der Waals surface area contributed by atoms with E-state index in [4.69, 9.17) is 0 Å². The van der Waals surface area contributed by atoms with E-state index in [1.807, 2.05) is 4.57 Å². The summed E-state index contributed by atoms with van der Waals surface area (Å²) in [5.74, 6) is -0.320. The maximum atomic E-state index is 13.2. The Hall–Kier alpha value is -1.82. The molecule has 1 aliphatic heterocycles. The Labute approximate surface area is 96.3 Å². The van der Waals surface area contributed by atoms with Gasteiger partial charge in [0.15, 0.2) is 17.5 Å². The van der Waals surface area contributed by atoms with Crippen LogP contribution in [0.25, 0.3) is 11.4 Å². The molecule has 1 N–H and O–H groups in total. The first-order chi connectivity index (χ1) is 8.25. The number of halogens is 2. The van der Waals surface area contributed by atoms with Crippen LogP contribution in [0.2, 0.25) is 0 Å². The first kappa shape index (κ1) is 10.3. The third-order valence-electron chi connectivity index (χ3n) is 2.80. The summed E-state index contributed by atoms with van der Waals surface area (Å²) in [5, 5.41) is 11.2. The molecule has 17 heavy (non-hydrogen) atoms. The summed E-state index contributed by atoms with van der Waals surface area (Å²) in [5.41, 5.74) is 0.546. The number of nitrogens with one attached hydrogen (secondary N) is 1. The maximum absolute atomic E-state index is 13.2. The molecule has 88 valence electrons. The zero-order chi connectivity index (χ0) is 11.8. The standard InChI is InChI=1S/C11H10F2N4/c12-8-2-1-7(5-9(8)13)11-16-15-10-6-14-3-4-17(10)11/h1-2,5,14H,3-4,6H2. The predicted octanol–water partition coefficient (Wildman–Crippen LogP) is 1.33. The molecular formula is C11H10F2N4. The summed E-state index contributed by atoms with van der Waals surface area (Å²) >= 11 is 0. The van der Waals surface area contributed by atoms with Crippen molar-refractivity contribution in [2.45, 2.75) is 13.1 Å². The lowest BCUT2D eigenvalue weighted by atomic mass is 10.2. The lowest BCUT2D eigenvalue weighted by Gasteiger charge is -2.15. The third-order valence-corrected chi connectivity index (χ3v) is 2.80. The SMILES string of the molecule is Fc1ccc(-c2nnc3n2CCNC3)cc1F. The molecule has 4 nitrogen and oxygen atoms in total. The van der Waals surface area contributed by atoms with Gasteiger partial charge in [0.2, 0.25) is 0 Å². The van der Waals surface area contributed by atoms with Crippen LogP contribution < -0.4 is 5.32 Å². The van der Waals surface area contributed by atoms with Gasteiger partial charge in [-0.3, -0.25) is 0 Å². The van der Waals surface area contributed by atoms with Crippen molar-refractivity contribution in [2.75, 3.05) is 6.54 Å². The van der Waals surface area contributed by atoms with Gasteiger partial charge in [0.25, 0.3) is 0 Å². The van der Waals surface area contributed by atoms with E-state index in [1.54, 1.807) is 0 Å². The van der Waals surface area contributed by atoms with Crippen molar-refractivity contribution in [1.29, 1.82) is 0 Å². The summed E-state index contributed by atoms with van der Waals surface area (Å²) in [6.45, 7) is 2.20. The Balaban J connectivity index is 2.09. The van der Waals surface area contributed by atoms with Crippen molar-refractivity contribution in [3.63, 3.8) is 0 Å². The molecule has 0 spiro atoms. The number of hydrogen-bond acceptors (Lipinski definition) is 3. The largest absolute Gasteiger partial charge is 0.309 e. The first-order valence-electron chi connectivity index (χ1n) is 5.34. The zero-order valence-corrected chi connectivity index (χ0v) is 8.95. The molecule has 2 aromatic rings. The molecule has 0 amide bonds. The van der Waals surface area contributed by atoms with Crippen molar-refractivity contribution >= 4 is 0 Å². The molecule has 0 atom stereocenters. The van der Waals surface area contributed by atoms with Crippen LogP contribution in [-0.2, 0) is 13.1 Å². The molecule has 1 aliphatic rings. The van der Waals surface area contributed by atoms with Crippen molar-refractivity contribution in [3.8, 4) is 11.4 Å². The number of aromatic nitrogens is 3. The quantitative estimate of drug-likeness (QED) is 0.812. The molecule has 3 rings (SSSR count). The summed E-state index contributed by atoms with van der Waals surface area (Å²) in [7, 11) is 0. The fourth-order valence-corrected chi connectivity index (χ4v) is 1.94. The highest BCUT2D eigenvalue weighted by atomic mass is 19.2. The van der Waals surface area contributed by atoms with E-state index >= 15 is 0 Å². The Bertz CT molecular complexity index is 565. The molecule has 1 aromatic carbocycles. The second-order valence-electron chi connectivity index (χ2n) is 3.90. The van der Waals surface area contributed by atoms with Crippen LogP contribution in [0, 0.1) is 11.6 Å². The number of benzene rings is 1. The average molecular weight is 236 g/mol. The van der Waals surface area contributed by atoms with Gasteiger partial charge in [0, 0.05) is 18.7 Å². The molecule has 2 heterocycles. The number of rotatable bonds is 1. The van der Waals surface area contributed by atoms with Crippen molar-refractivity contribution in [2.24, 2.45) is 0 Å². The van der Waals surface area contributed by atoms with E-state index in [9.17, 15) is 8.78 Å². The highest BCUT2D eigenvalue weighted by Crippen LogP contribution is 2.21. The fourth-order valence-electron chi connectivity index (χ4n) is 1.94. The molecule has 0 saturated carbocycles. The lowest BCUT2D eigenvalue weighted by molar-refractivity contribution is 0.504. The normalized spacial score (nSPS) is 14.7. The molecule has 0 radical (unpaired) electrons. The summed E-state index contributed by atoms with van der Waals surface area (Å²) in [4.78, 5) is 0. The van der Waals surface area contributed by atoms with Crippen molar-refractivity contribution < 1.29 is 8.78 Å². The minimum absolute atomic E-state index is 0.546. The van der Waals surface area contributed by atoms with Crippen LogP contribution in [0.15, 0.2) is 18.2 Å². The minimum Gasteiger partial charge on any atom is -0.309 e. The Morgan fingerprint density at radius 2 is 2.06 bits per heavy atom. The van der Waals surface area contributed by atoms with Crippen LogP contribution >= 0.6 is 0 Å². The summed E-state index contributed by atoms with van der Waals surface area (Å²) in [6, 6.07) is 3.76.